The molecule has 1 aromatic heterocycles. The number of aromatic nitrogens is 3. The van der Waals surface area contributed by atoms with Crippen LogP contribution in [0.15, 0.2) is 5.16 Å². The molecule has 8 heteroatoms. The minimum absolute atomic E-state index is 0.163. The van der Waals surface area contributed by atoms with Crippen molar-refractivity contribution in [2.24, 2.45) is 5.92 Å². The topological polar surface area (TPSA) is 88.9 Å². The third kappa shape index (κ3) is 4.74. The molecule has 7 nitrogen and oxygen atoms in total. The number of carbonyl (C=O) groups is 2. The molecule has 2 aliphatic rings. The van der Waals surface area contributed by atoms with Crippen LogP contribution in [-0.4, -0.2) is 38.5 Å². The predicted molar refractivity (Wildman–Crippen MR) is 96.5 cm³/mol. The first kappa shape index (κ1) is 18.2. The summed E-state index contributed by atoms with van der Waals surface area (Å²) in [5.41, 5.74) is 0. The summed E-state index contributed by atoms with van der Waals surface area (Å²) in [6, 6.07) is -0.224. The summed E-state index contributed by atoms with van der Waals surface area (Å²) in [6.45, 7) is 5.00. The summed E-state index contributed by atoms with van der Waals surface area (Å²) in [5.74, 6) is 1.88. The van der Waals surface area contributed by atoms with Gasteiger partial charge in [0, 0.05) is 18.5 Å². The number of nitrogens with one attached hydrogen (secondary N) is 2. The summed E-state index contributed by atoms with van der Waals surface area (Å²) < 4.78 is 2.07. The minimum Gasteiger partial charge on any atom is -0.335 e. The van der Waals surface area contributed by atoms with Crippen LogP contribution in [0.5, 0.6) is 0 Å². The van der Waals surface area contributed by atoms with Gasteiger partial charge in [0.1, 0.15) is 5.82 Å². The fourth-order valence-electron chi connectivity index (χ4n) is 3.38. The third-order valence-corrected chi connectivity index (χ3v) is 5.98. The molecule has 2 N–H and O–H groups in total. The van der Waals surface area contributed by atoms with Crippen LogP contribution >= 0.6 is 11.8 Å². The molecule has 3 amide bonds. The molecule has 0 radical (unpaired) electrons. The van der Waals surface area contributed by atoms with Gasteiger partial charge in [0.2, 0.25) is 5.91 Å². The second kappa shape index (κ2) is 8.21. The molecular formula is C17H27N5O2S. The Morgan fingerprint density at radius 3 is 2.64 bits per heavy atom. The highest BCUT2D eigenvalue weighted by molar-refractivity contribution is 7.99. The van der Waals surface area contributed by atoms with E-state index in [1.807, 2.05) is 0 Å². The molecule has 0 aromatic carbocycles. The van der Waals surface area contributed by atoms with Crippen molar-refractivity contribution in [2.45, 2.75) is 76.0 Å². The maximum atomic E-state index is 12.1. The Morgan fingerprint density at radius 2 is 1.96 bits per heavy atom. The van der Waals surface area contributed by atoms with E-state index >= 15 is 0 Å². The van der Waals surface area contributed by atoms with E-state index in [0.29, 0.717) is 11.8 Å². The highest BCUT2D eigenvalue weighted by atomic mass is 32.2. The zero-order valence-corrected chi connectivity index (χ0v) is 15.8. The van der Waals surface area contributed by atoms with Crippen molar-refractivity contribution in [3.05, 3.63) is 5.82 Å². The molecule has 1 heterocycles. The zero-order chi connectivity index (χ0) is 17.8. The van der Waals surface area contributed by atoms with Crippen molar-refractivity contribution in [3.63, 3.8) is 0 Å². The van der Waals surface area contributed by atoms with Gasteiger partial charge < -0.3 is 9.88 Å². The van der Waals surface area contributed by atoms with Gasteiger partial charge in [-0.25, -0.2) is 4.79 Å². The summed E-state index contributed by atoms with van der Waals surface area (Å²) in [4.78, 5) is 24.1. The number of rotatable bonds is 6. The summed E-state index contributed by atoms with van der Waals surface area (Å²) in [6.07, 6.45) is 6.81. The van der Waals surface area contributed by atoms with Crippen molar-refractivity contribution in [3.8, 4) is 0 Å². The molecule has 1 aromatic rings. The lowest BCUT2D eigenvalue weighted by molar-refractivity contribution is -0.117. The normalized spacial score (nSPS) is 23.3. The van der Waals surface area contributed by atoms with E-state index in [2.05, 4.69) is 39.2 Å². The van der Waals surface area contributed by atoms with Crippen LogP contribution in [0.4, 0.5) is 4.79 Å². The van der Waals surface area contributed by atoms with Gasteiger partial charge in [-0.3, -0.25) is 10.1 Å². The first-order chi connectivity index (χ1) is 12.1. The second-order valence-corrected chi connectivity index (χ2v) is 7.98. The monoisotopic (exact) mass is 365 g/mol. The molecule has 0 saturated heterocycles. The Kier molecular flexibility index (Phi) is 5.98. The Hall–Kier alpha value is -1.57. The van der Waals surface area contributed by atoms with Crippen molar-refractivity contribution < 1.29 is 9.59 Å². The summed E-state index contributed by atoms with van der Waals surface area (Å²) >= 11 is 1.33. The SMILES string of the molecule is CCn1c(SCC(=O)NC(=O)N[C@H]2CCCC[C@@H]2C)nnc1C1CC1. The molecule has 0 aliphatic heterocycles. The Morgan fingerprint density at radius 1 is 1.20 bits per heavy atom. The van der Waals surface area contributed by atoms with Crippen molar-refractivity contribution in [1.82, 2.24) is 25.4 Å². The number of amides is 3. The van der Waals surface area contributed by atoms with Gasteiger partial charge in [-0.05, 0) is 38.5 Å². The molecule has 2 fully saturated rings. The number of nitrogens with zero attached hydrogens (tertiary/aromatic N) is 3. The first-order valence-electron chi connectivity index (χ1n) is 9.24. The van der Waals surface area contributed by atoms with Crippen molar-refractivity contribution >= 4 is 23.7 Å². The molecular weight excluding hydrogens is 338 g/mol. The smallest absolute Gasteiger partial charge is 0.321 e. The lowest BCUT2D eigenvalue weighted by Crippen LogP contribution is -2.48. The van der Waals surface area contributed by atoms with E-state index in [0.717, 1.165) is 36.8 Å². The van der Waals surface area contributed by atoms with Gasteiger partial charge in [-0.2, -0.15) is 0 Å². The van der Waals surface area contributed by atoms with Crippen LogP contribution in [0.3, 0.4) is 0 Å². The maximum absolute atomic E-state index is 12.1. The highest BCUT2D eigenvalue weighted by Crippen LogP contribution is 2.39. The van der Waals surface area contributed by atoms with E-state index in [1.165, 1.54) is 31.0 Å². The summed E-state index contributed by atoms with van der Waals surface area (Å²) in [7, 11) is 0. The number of imide groups is 1. The standard InChI is InChI=1S/C17H27N5O2S/c1-3-22-15(12-8-9-12)20-21-17(22)25-10-14(23)19-16(24)18-13-7-5-4-6-11(13)2/h11-13H,3-10H2,1-2H3,(H2,18,19,23,24)/t11-,13-/m0/s1. The lowest BCUT2D eigenvalue weighted by atomic mass is 9.86. The molecule has 2 saturated carbocycles. The van der Waals surface area contributed by atoms with Crippen LogP contribution < -0.4 is 10.6 Å². The van der Waals surface area contributed by atoms with Crippen molar-refractivity contribution in [1.29, 1.82) is 0 Å². The van der Waals surface area contributed by atoms with Gasteiger partial charge in [0.25, 0.3) is 0 Å². The molecule has 3 rings (SSSR count). The van der Waals surface area contributed by atoms with Gasteiger partial charge in [0.15, 0.2) is 5.16 Å². The minimum atomic E-state index is -0.389. The van der Waals surface area contributed by atoms with Crippen molar-refractivity contribution in [2.75, 3.05) is 5.75 Å². The Balaban J connectivity index is 1.45. The largest absolute Gasteiger partial charge is 0.335 e. The Bertz CT molecular complexity index is 629. The average molecular weight is 366 g/mol. The highest BCUT2D eigenvalue weighted by Gasteiger charge is 2.30. The Labute approximate surface area is 152 Å². The number of thioether (sulfide) groups is 1. The fourth-order valence-corrected chi connectivity index (χ4v) is 4.18. The van der Waals surface area contributed by atoms with Gasteiger partial charge in [-0.15, -0.1) is 10.2 Å². The molecule has 0 bridgehead atoms. The van der Waals surface area contributed by atoms with Crippen LogP contribution in [0.2, 0.25) is 0 Å². The van der Waals surface area contributed by atoms with E-state index in [-0.39, 0.29) is 23.7 Å². The van der Waals surface area contributed by atoms with E-state index in [1.54, 1.807) is 0 Å². The molecule has 2 aliphatic carbocycles. The number of carbonyl (C=O) groups excluding carboxylic acids is 2. The lowest BCUT2D eigenvalue weighted by Gasteiger charge is -2.29. The first-order valence-corrected chi connectivity index (χ1v) is 10.2. The van der Waals surface area contributed by atoms with Crippen LogP contribution in [0.1, 0.15) is 64.1 Å². The van der Waals surface area contributed by atoms with E-state index in [4.69, 9.17) is 0 Å². The maximum Gasteiger partial charge on any atom is 0.321 e. The number of hydrogen-bond donors (Lipinski definition) is 2. The molecule has 2 atom stereocenters. The third-order valence-electron chi connectivity index (χ3n) is 5.02. The quantitative estimate of drug-likeness (QED) is 0.757. The van der Waals surface area contributed by atoms with E-state index < -0.39 is 0 Å². The van der Waals surface area contributed by atoms with E-state index in [9.17, 15) is 9.59 Å². The van der Waals surface area contributed by atoms with Gasteiger partial charge >= 0.3 is 6.03 Å². The van der Waals surface area contributed by atoms with Gasteiger partial charge in [-0.1, -0.05) is 31.5 Å². The molecule has 0 unspecified atom stereocenters. The molecule has 0 spiro atoms. The number of urea groups is 1. The van der Waals surface area contributed by atoms with Crippen LogP contribution in [0, 0.1) is 5.92 Å². The molecule has 25 heavy (non-hydrogen) atoms. The summed E-state index contributed by atoms with van der Waals surface area (Å²) in [5, 5.41) is 14.6. The fraction of sp³-hybridized carbons (Fsp3) is 0.765. The van der Waals surface area contributed by atoms with Crippen LogP contribution in [-0.2, 0) is 11.3 Å². The van der Waals surface area contributed by atoms with Gasteiger partial charge in [0.05, 0.1) is 5.75 Å². The number of hydrogen-bond acceptors (Lipinski definition) is 5. The molecule has 138 valence electrons. The second-order valence-electron chi connectivity index (χ2n) is 7.04. The van der Waals surface area contributed by atoms with Crippen LogP contribution in [0.25, 0.3) is 0 Å². The predicted octanol–water partition coefficient (Wildman–Crippen LogP) is 2.67. The average Bonchev–Trinajstić information content (AvgIpc) is 3.35. The zero-order valence-electron chi connectivity index (χ0n) is 15.0.